The van der Waals surface area contributed by atoms with Gasteiger partial charge in [-0.2, -0.15) is 0 Å². The quantitative estimate of drug-likeness (QED) is 0.864. The summed E-state index contributed by atoms with van der Waals surface area (Å²) in [5.74, 6) is 0.481. The minimum absolute atomic E-state index is 0.0132. The Morgan fingerprint density at radius 2 is 2.00 bits per heavy atom. The van der Waals surface area contributed by atoms with Crippen LogP contribution in [-0.2, 0) is 0 Å². The molecule has 0 unspecified atom stereocenters. The Kier molecular flexibility index (Phi) is 5.61. The van der Waals surface area contributed by atoms with Crippen molar-refractivity contribution >= 4 is 16.8 Å². The highest BCUT2D eigenvalue weighted by Crippen LogP contribution is 2.18. The third kappa shape index (κ3) is 3.85. The Hall–Kier alpha value is -1.77. The van der Waals surface area contributed by atoms with Crippen molar-refractivity contribution in [2.75, 3.05) is 6.54 Å². The number of rotatable bonds is 3. The molecule has 0 aliphatic heterocycles. The molecule has 0 spiro atoms. The maximum atomic E-state index is 12.0. The van der Waals surface area contributed by atoms with E-state index in [4.69, 9.17) is 0 Å². The monoisotopic (exact) mass is 260 g/mol. The van der Waals surface area contributed by atoms with Crippen LogP contribution in [0.3, 0.4) is 0 Å². The van der Waals surface area contributed by atoms with Crippen LogP contribution >= 0.6 is 0 Å². The third-order valence-electron chi connectivity index (χ3n) is 2.81. The number of hydrogen-bond acceptors (Lipinski definition) is 1. The zero-order chi connectivity index (χ0) is 14.4. The molecule has 0 aliphatic carbocycles. The molecule has 1 heterocycles. The van der Waals surface area contributed by atoms with Crippen LogP contribution in [0.1, 0.15) is 43.6 Å². The van der Waals surface area contributed by atoms with Gasteiger partial charge in [0.1, 0.15) is 0 Å². The van der Waals surface area contributed by atoms with Gasteiger partial charge in [-0.1, -0.05) is 27.7 Å². The Bertz CT molecular complexity index is 541. The fourth-order valence-electron chi connectivity index (χ4n) is 1.85. The first-order chi connectivity index (χ1) is 9.08. The zero-order valence-corrected chi connectivity index (χ0v) is 12.5. The van der Waals surface area contributed by atoms with Crippen molar-refractivity contribution in [1.29, 1.82) is 0 Å². The summed E-state index contributed by atoms with van der Waals surface area (Å²) < 4.78 is 0. The lowest BCUT2D eigenvalue weighted by Crippen LogP contribution is -2.27. The molecule has 2 N–H and O–H groups in total. The van der Waals surface area contributed by atoms with Gasteiger partial charge in [-0.15, -0.1) is 0 Å². The molecule has 104 valence electrons. The number of amides is 1. The zero-order valence-electron chi connectivity index (χ0n) is 12.5. The number of fused-ring (bicyclic) bond motifs is 1. The van der Waals surface area contributed by atoms with E-state index in [0.29, 0.717) is 12.5 Å². The third-order valence-corrected chi connectivity index (χ3v) is 2.81. The molecule has 0 atom stereocenters. The largest absolute Gasteiger partial charge is 0.361 e. The van der Waals surface area contributed by atoms with E-state index in [1.165, 1.54) is 0 Å². The summed E-state index contributed by atoms with van der Waals surface area (Å²) in [4.78, 5) is 15.2. The van der Waals surface area contributed by atoms with Crippen LogP contribution in [0.5, 0.6) is 0 Å². The highest BCUT2D eigenvalue weighted by atomic mass is 16.1. The number of H-pyrrole nitrogens is 1. The van der Waals surface area contributed by atoms with E-state index in [-0.39, 0.29) is 5.91 Å². The number of benzene rings is 1. The number of nitrogens with one attached hydrogen (secondary N) is 2. The van der Waals surface area contributed by atoms with Gasteiger partial charge in [0.05, 0.1) is 0 Å². The van der Waals surface area contributed by atoms with Gasteiger partial charge in [0.2, 0.25) is 0 Å². The Labute approximate surface area is 115 Å². The van der Waals surface area contributed by atoms with Crippen molar-refractivity contribution in [3.63, 3.8) is 0 Å². The molecule has 1 aromatic carbocycles. The van der Waals surface area contributed by atoms with Gasteiger partial charge in [0.25, 0.3) is 5.91 Å². The molecule has 2 aromatic rings. The van der Waals surface area contributed by atoms with Crippen LogP contribution in [-0.4, -0.2) is 17.4 Å². The Morgan fingerprint density at radius 3 is 2.63 bits per heavy atom. The molecule has 1 amide bonds. The van der Waals surface area contributed by atoms with Gasteiger partial charge in [0, 0.05) is 29.2 Å². The molecule has 0 fully saturated rings. The van der Waals surface area contributed by atoms with E-state index in [0.717, 1.165) is 22.0 Å². The average Bonchev–Trinajstić information content (AvgIpc) is 2.84. The second-order valence-corrected chi connectivity index (χ2v) is 4.84. The molecule has 0 radical (unpaired) electrons. The van der Waals surface area contributed by atoms with Gasteiger partial charge < -0.3 is 10.3 Å². The van der Waals surface area contributed by atoms with Gasteiger partial charge in [-0.25, -0.2) is 0 Å². The second kappa shape index (κ2) is 6.98. The van der Waals surface area contributed by atoms with Crippen LogP contribution in [0.2, 0.25) is 0 Å². The van der Waals surface area contributed by atoms with E-state index >= 15 is 0 Å². The van der Waals surface area contributed by atoms with Crippen LogP contribution in [0.15, 0.2) is 24.4 Å². The van der Waals surface area contributed by atoms with E-state index in [2.05, 4.69) is 24.1 Å². The number of aromatic nitrogens is 1. The van der Waals surface area contributed by atoms with Crippen molar-refractivity contribution in [2.24, 2.45) is 5.92 Å². The van der Waals surface area contributed by atoms with Crippen LogP contribution in [0.25, 0.3) is 10.9 Å². The first kappa shape index (κ1) is 15.3. The van der Waals surface area contributed by atoms with Gasteiger partial charge in [-0.3, -0.25) is 4.79 Å². The second-order valence-electron chi connectivity index (χ2n) is 4.84. The summed E-state index contributed by atoms with van der Waals surface area (Å²) in [6.07, 6.45) is 1.89. The van der Waals surface area contributed by atoms with Crippen molar-refractivity contribution in [3.8, 4) is 0 Å². The number of carbonyl (C=O) groups excluding carboxylic acids is 1. The van der Waals surface area contributed by atoms with E-state index in [9.17, 15) is 4.79 Å². The minimum Gasteiger partial charge on any atom is -0.361 e. The summed E-state index contributed by atoms with van der Waals surface area (Å²) in [6.45, 7) is 10.8. The molecule has 0 aliphatic rings. The molecule has 2 rings (SSSR count). The van der Waals surface area contributed by atoms with E-state index < -0.39 is 0 Å². The normalized spacial score (nSPS) is 10.2. The molecule has 3 nitrogen and oxygen atoms in total. The molecular formula is C16H24N2O. The number of carbonyl (C=O) groups is 1. The number of hydrogen-bond donors (Lipinski definition) is 2. The van der Waals surface area contributed by atoms with Crippen molar-refractivity contribution in [2.45, 2.75) is 34.6 Å². The molecule has 0 bridgehead atoms. The van der Waals surface area contributed by atoms with Gasteiger partial charge in [-0.05, 0) is 36.6 Å². The summed E-state index contributed by atoms with van der Waals surface area (Å²) in [6, 6.07) is 5.93. The Balaban J connectivity index is 0.000000861. The lowest BCUT2D eigenvalue weighted by Gasteiger charge is -2.09. The summed E-state index contributed by atoms with van der Waals surface area (Å²) in [5.41, 5.74) is 2.84. The topological polar surface area (TPSA) is 44.9 Å². The maximum absolute atomic E-state index is 12.0. The Morgan fingerprint density at radius 1 is 1.32 bits per heavy atom. The molecular weight excluding hydrogens is 236 g/mol. The lowest BCUT2D eigenvalue weighted by atomic mass is 10.1. The predicted octanol–water partition coefficient (Wildman–Crippen LogP) is 3.89. The molecule has 1 aromatic heterocycles. The lowest BCUT2D eigenvalue weighted by molar-refractivity contribution is 0.0948. The SMILES string of the molecule is CC.Cc1cc2[nH]ccc2cc1C(=O)NCC(C)C. The molecule has 0 saturated carbocycles. The predicted molar refractivity (Wildman–Crippen MR) is 81.6 cm³/mol. The fourth-order valence-corrected chi connectivity index (χ4v) is 1.85. The standard InChI is InChI=1S/C14H18N2O.C2H6/c1-9(2)8-16-14(17)12-7-11-4-5-15-13(11)6-10(12)3;1-2/h4-7,9,15H,8H2,1-3H3,(H,16,17);1-2H3. The van der Waals surface area contributed by atoms with Crippen LogP contribution in [0, 0.1) is 12.8 Å². The van der Waals surface area contributed by atoms with Crippen LogP contribution in [0.4, 0.5) is 0 Å². The average molecular weight is 260 g/mol. The van der Waals surface area contributed by atoms with Crippen LogP contribution < -0.4 is 5.32 Å². The fraction of sp³-hybridized carbons (Fsp3) is 0.438. The van der Waals surface area contributed by atoms with Gasteiger partial charge in [0.15, 0.2) is 0 Å². The van der Waals surface area contributed by atoms with Crippen molar-refractivity contribution in [1.82, 2.24) is 10.3 Å². The van der Waals surface area contributed by atoms with E-state index in [1.807, 2.05) is 45.2 Å². The summed E-state index contributed by atoms with van der Waals surface area (Å²) in [7, 11) is 0. The van der Waals surface area contributed by atoms with Crippen molar-refractivity contribution in [3.05, 3.63) is 35.5 Å². The number of aromatic amines is 1. The summed E-state index contributed by atoms with van der Waals surface area (Å²) in [5, 5.41) is 4.02. The van der Waals surface area contributed by atoms with Crippen molar-refractivity contribution < 1.29 is 4.79 Å². The number of aryl methyl sites for hydroxylation is 1. The summed E-state index contributed by atoms with van der Waals surface area (Å²) >= 11 is 0. The first-order valence-corrected chi connectivity index (χ1v) is 6.94. The smallest absolute Gasteiger partial charge is 0.251 e. The maximum Gasteiger partial charge on any atom is 0.251 e. The minimum atomic E-state index is 0.0132. The molecule has 19 heavy (non-hydrogen) atoms. The molecule has 3 heteroatoms. The molecule has 0 saturated heterocycles. The first-order valence-electron chi connectivity index (χ1n) is 6.94. The highest BCUT2D eigenvalue weighted by Gasteiger charge is 2.10. The van der Waals surface area contributed by atoms with E-state index in [1.54, 1.807) is 0 Å². The van der Waals surface area contributed by atoms with Gasteiger partial charge >= 0.3 is 0 Å². The highest BCUT2D eigenvalue weighted by molar-refractivity contribution is 5.99.